The largest absolute Gasteiger partial charge is 0.469 e. The second-order valence-electron chi connectivity index (χ2n) is 6.37. The number of methoxy groups -OCH3 is 1. The highest BCUT2D eigenvalue weighted by Gasteiger charge is 2.24. The van der Waals surface area contributed by atoms with Gasteiger partial charge < -0.3 is 14.4 Å². The van der Waals surface area contributed by atoms with E-state index in [4.69, 9.17) is 9.47 Å². The minimum Gasteiger partial charge on any atom is -0.469 e. The number of anilines is 1. The summed E-state index contributed by atoms with van der Waals surface area (Å²) in [6, 6.07) is 4.16. The maximum atomic E-state index is 11.3. The summed E-state index contributed by atoms with van der Waals surface area (Å²) in [7, 11) is 1.40. The SMILES string of the molecule is COC(=O)CC1CN(c2ccc(C(C)(C)C)cn2)CCO1. The summed E-state index contributed by atoms with van der Waals surface area (Å²) in [5.41, 5.74) is 1.31. The topological polar surface area (TPSA) is 51.7 Å². The van der Waals surface area contributed by atoms with Gasteiger partial charge in [0.25, 0.3) is 0 Å². The number of nitrogens with zero attached hydrogens (tertiary/aromatic N) is 2. The molecule has 0 N–H and O–H groups in total. The molecule has 116 valence electrons. The average molecular weight is 292 g/mol. The summed E-state index contributed by atoms with van der Waals surface area (Å²) < 4.78 is 10.3. The Hall–Kier alpha value is -1.62. The Bertz CT molecular complexity index is 479. The van der Waals surface area contributed by atoms with Gasteiger partial charge in [0.2, 0.25) is 0 Å². The fourth-order valence-electron chi connectivity index (χ4n) is 2.34. The number of carbonyl (C=O) groups is 1. The van der Waals surface area contributed by atoms with Gasteiger partial charge in [-0.25, -0.2) is 4.98 Å². The molecule has 1 aromatic rings. The van der Waals surface area contributed by atoms with E-state index in [1.807, 2.05) is 12.3 Å². The first-order valence-corrected chi connectivity index (χ1v) is 7.30. The Kier molecular flexibility index (Phi) is 4.83. The van der Waals surface area contributed by atoms with E-state index >= 15 is 0 Å². The fraction of sp³-hybridized carbons (Fsp3) is 0.625. The van der Waals surface area contributed by atoms with Crippen molar-refractivity contribution in [2.24, 2.45) is 0 Å². The first-order chi connectivity index (χ1) is 9.90. The van der Waals surface area contributed by atoms with Gasteiger partial charge in [0.15, 0.2) is 0 Å². The molecular formula is C16H24N2O3. The molecular weight excluding hydrogens is 268 g/mol. The zero-order valence-corrected chi connectivity index (χ0v) is 13.3. The first kappa shape index (κ1) is 15.8. The predicted octanol–water partition coefficient (Wildman–Crippen LogP) is 2.15. The van der Waals surface area contributed by atoms with Crippen LogP contribution in [-0.4, -0.2) is 43.9 Å². The number of rotatable bonds is 3. The molecule has 0 saturated carbocycles. The molecule has 0 bridgehead atoms. The summed E-state index contributed by atoms with van der Waals surface area (Å²) in [4.78, 5) is 18.1. The molecule has 1 atom stereocenters. The van der Waals surface area contributed by atoms with Crippen LogP contribution in [0.5, 0.6) is 0 Å². The molecule has 5 nitrogen and oxygen atoms in total. The van der Waals surface area contributed by atoms with Crippen molar-refractivity contribution < 1.29 is 14.3 Å². The first-order valence-electron chi connectivity index (χ1n) is 7.30. The molecule has 0 amide bonds. The second kappa shape index (κ2) is 6.43. The quantitative estimate of drug-likeness (QED) is 0.799. The third kappa shape index (κ3) is 4.17. The van der Waals surface area contributed by atoms with Crippen molar-refractivity contribution in [3.63, 3.8) is 0 Å². The summed E-state index contributed by atoms with van der Waals surface area (Å²) >= 11 is 0. The monoisotopic (exact) mass is 292 g/mol. The Labute approximate surface area is 126 Å². The van der Waals surface area contributed by atoms with Crippen molar-refractivity contribution in [1.82, 2.24) is 4.98 Å². The van der Waals surface area contributed by atoms with Crippen LogP contribution in [0, 0.1) is 0 Å². The molecule has 2 heterocycles. The molecule has 1 saturated heterocycles. The van der Waals surface area contributed by atoms with E-state index in [2.05, 4.69) is 36.7 Å². The summed E-state index contributed by atoms with van der Waals surface area (Å²) in [6.07, 6.45) is 2.09. The molecule has 1 fully saturated rings. The number of ether oxygens (including phenoxy) is 2. The normalized spacial score (nSPS) is 19.4. The molecule has 1 aliphatic rings. The van der Waals surface area contributed by atoms with Gasteiger partial charge in [0, 0.05) is 19.3 Å². The summed E-state index contributed by atoms with van der Waals surface area (Å²) in [6.45, 7) is 8.57. The fourth-order valence-corrected chi connectivity index (χ4v) is 2.34. The smallest absolute Gasteiger partial charge is 0.308 e. The van der Waals surface area contributed by atoms with Crippen molar-refractivity contribution in [3.8, 4) is 0 Å². The Morgan fingerprint density at radius 2 is 2.24 bits per heavy atom. The molecule has 0 aromatic carbocycles. The maximum Gasteiger partial charge on any atom is 0.308 e. The average Bonchev–Trinajstić information content (AvgIpc) is 2.46. The molecule has 0 spiro atoms. The lowest BCUT2D eigenvalue weighted by atomic mass is 9.88. The lowest BCUT2D eigenvalue weighted by Crippen LogP contribution is -2.43. The van der Waals surface area contributed by atoms with E-state index in [1.165, 1.54) is 12.7 Å². The van der Waals surface area contributed by atoms with Crippen molar-refractivity contribution in [2.45, 2.75) is 38.7 Å². The highest BCUT2D eigenvalue weighted by Crippen LogP contribution is 2.24. The molecule has 2 rings (SSSR count). The van der Waals surface area contributed by atoms with E-state index in [0.29, 0.717) is 13.2 Å². The Morgan fingerprint density at radius 3 is 2.81 bits per heavy atom. The standard InChI is InChI=1S/C16H24N2O3/c1-16(2,3)12-5-6-14(17-10-12)18-7-8-21-13(11-18)9-15(19)20-4/h5-6,10,13H,7-9,11H2,1-4H3. The van der Waals surface area contributed by atoms with Gasteiger partial charge in [0.1, 0.15) is 5.82 Å². The highest BCUT2D eigenvalue weighted by molar-refractivity contribution is 5.69. The Balaban J connectivity index is 2.02. The number of carbonyl (C=O) groups excluding carboxylic acids is 1. The van der Waals surface area contributed by atoms with Crippen molar-refractivity contribution in [2.75, 3.05) is 31.7 Å². The summed E-state index contributed by atoms with van der Waals surface area (Å²) in [5, 5.41) is 0. The molecule has 5 heteroatoms. The van der Waals surface area contributed by atoms with Crippen molar-refractivity contribution >= 4 is 11.8 Å². The van der Waals surface area contributed by atoms with Crippen LogP contribution >= 0.6 is 0 Å². The molecule has 1 aliphatic heterocycles. The van der Waals surface area contributed by atoms with Crippen LogP contribution in [-0.2, 0) is 19.7 Å². The van der Waals surface area contributed by atoms with Gasteiger partial charge in [-0.15, -0.1) is 0 Å². The minimum atomic E-state index is -0.238. The van der Waals surface area contributed by atoms with Crippen LogP contribution < -0.4 is 4.90 Å². The predicted molar refractivity (Wildman–Crippen MR) is 81.5 cm³/mol. The minimum absolute atomic E-state index is 0.101. The van der Waals surface area contributed by atoms with Crippen molar-refractivity contribution in [3.05, 3.63) is 23.9 Å². The van der Waals surface area contributed by atoms with Crippen LogP contribution in [0.1, 0.15) is 32.8 Å². The number of hydrogen-bond donors (Lipinski definition) is 0. The van der Waals surface area contributed by atoms with E-state index in [0.717, 1.165) is 12.4 Å². The Morgan fingerprint density at radius 1 is 1.48 bits per heavy atom. The van der Waals surface area contributed by atoms with Crippen LogP contribution in [0.3, 0.4) is 0 Å². The van der Waals surface area contributed by atoms with Gasteiger partial charge in [-0.2, -0.15) is 0 Å². The van der Waals surface area contributed by atoms with Crippen molar-refractivity contribution in [1.29, 1.82) is 0 Å². The lowest BCUT2D eigenvalue weighted by molar-refractivity contribution is -0.144. The molecule has 21 heavy (non-hydrogen) atoms. The van der Waals surface area contributed by atoms with Gasteiger partial charge in [-0.05, 0) is 17.0 Å². The highest BCUT2D eigenvalue weighted by atomic mass is 16.5. The molecule has 1 aromatic heterocycles. The third-order valence-electron chi connectivity index (χ3n) is 3.70. The van der Waals surface area contributed by atoms with Gasteiger partial charge in [-0.3, -0.25) is 4.79 Å². The van der Waals surface area contributed by atoms with Crippen LogP contribution in [0.2, 0.25) is 0 Å². The zero-order valence-electron chi connectivity index (χ0n) is 13.3. The van der Waals surface area contributed by atoms with E-state index in [-0.39, 0.29) is 23.9 Å². The van der Waals surface area contributed by atoms with Gasteiger partial charge in [0.05, 0.1) is 26.2 Å². The zero-order chi connectivity index (χ0) is 15.5. The molecule has 0 radical (unpaired) electrons. The van der Waals surface area contributed by atoms with Gasteiger partial charge >= 0.3 is 5.97 Å². The number of hydrogen-bond acceptors (Lipinski definition) is 5. The van der Waals surface area contributed by atoms with E-state index < -0.39 is 0 Å². The number of pyridine rings is 1. The van der Waals surface area contributed by atoms with Crippen LogP contribution in [0.15, 0.2) is 18.3 Å². The van der Waals surface area contributed by atoms with E-state index in [9.17, 15) is 4.79 Å². The van der Waals surface area contributed by atoms with Crippen LogP contribution in [0.25, 0.3) is 0 Å². The number of aromatic nitrogens is 1. The van der Waals surface area contributed by atoms with Crippen LogP contribution in [0.4, 0.5) is 5.82 Å². The number of morpholine rings is 1. The van der Waals surface area contributed by atoms with Gasteiger partial charge in [-0.1, -0.05) is 26.8 Å². The number of esters is 1. The third-order valence-corrected chi connectivity index (χ3v) is 3.70. The molecule has 0 aliphatic carbocycles. The second-order valence-corrected chi connectivity index (χ2v) is 6.37. The molecule has 1 unspecified atom stereocenters. The maximum absolute atomic E-state index is 11.3. The van der Waals surface area contributed by atoms with E-state index in [1.54, 1.807) is 0 Å². The summed E-state index contributed by atoms with van der Waals surface area (Å²) in [5.74, 6) is 0.694. The lowest BCUT2D eigenvalue weighted by Gasteiger charge is -2.33.